The Kier molecular flexibility index (Phi) is 6.02. The molecule has 0 bridgehead atoms. The van der Waals surface area contributed by atoms with Crippen LogP contribution in [0.25, 0.3) is 16.8 Å². The second kappa shape index (κ2) is 9.34. The normalized spacial score (nSPS) is 16.8. The summed E-state index contributed by atoms with van der Waals surface area (Å²) in [5.41, 5.74) is 9.62. The number of aromatic nitrogens is 3. The molecule has 4 aromatic rings. The number of benzene rings is 1. The molecule has 3 aromatic heterocycles. The van der Waals surface area contributed by atoms with Crippen LogP contribution in [0.4, 0.5) is 4.39 Å². The smallest absolute Gasteiger partial charge is 0.137 e. The van der Waals surface area contributed by atoms with E-state index in [-0.39, 0.29) is 18.3 Å². The number of aryl methyl sites for hydroxylation is 2. The van der Waals surface area contributed by atoms with E-state index in [9.17, 15) is 9.50 Å². The summed E-state index contributed by atoms with van der Waals surface area (Å²) in [4.78, 5) is 11.4. The lowest BCUT2D eigenvalue weighted by molar-refractivity contribution is 0.0725. The molecule has 0 radical (unpaired) electrons. The van der Waals surface area contributed by atoms with Gasteiger partial charge in [-0.1, -0.05) is 17.7 Å². The van der Waals surface area contributed by atoms with Crippen molar-refractivity contribution in [3.63, 3.8) is 0 Å². The number of rotatable bonds is 5. The monoisotopic (exact) mass is 502 g/mol. The van der Waals surface area contributed by atoms with Crippen LogP contribution in [-0.4, -0.2) is 44.1 Å². The van der Waals surface area contributed by atoms with Crippen molar-refractivity contribution in [2.45, 2.75) is 32.7 Å². The van der Waals surface area contributed by atoms with E-state index < -0.39 is 0 Å². The standard InChI is InChI=1S/C29H28ClFN4O/c1-18-27(17-34-15-19(13-31)16-34)33-28-12-21(8-10-35(18)28)29-23-6-5-22(36)11-20(23)3-2-4-25(29)24-7-9-32-14-26(24)30/h5-12,14,19,36H,2-4,13,15-17H2,1H3. The lowest BCUT2D eigenvalue weighted by Crippen LogP contribution is -2.47. The summed E-state index contributed by atoms with van der Waals surface area (Å²) in [5.74, 6) is 0.442. The van der Waals surface area contributed by atoms with Gasteiger partial charge in [-0.3, -0.25) is 14.3 Å². The van der Waals surface area contributed by atoms with Crippen molar-refractivity contribution in [3.8, 4) is 5.75 Å². The Labute approximate surface area is 214 Å². The predicted molar refractivity (Wildman–Crippen MR) is 141 cm³/mol. The van der Waals surface area contributed by atoms with Gasteiger partial charge < -0.3 is 9.51 Å². The van der Waals surface area contributed by atoms with Gasteiger partial charge in [-0.25, -0.2) is 4.98 Å². The summed E-state index contributed by atoms with van der Waals surface area (Å²) < 4.78 is 15.0. The first kappa shape index (κ1) is 23.2. The highest BCUT2D eigenvalue weighted by molar-refractivity contribution is 6.32. The van der Waals surface area contributed by atoms with E-state index in [1.54, 1.807) is 18.5 Å². The topological polar surface area (TPSA) is 53.7 Å². The van der Waals surface area contributed by atoms with Crippen LogP contribution in [0.3, 0.4) is 0 Å². The summed E-state index contributed by atoms with van der Waals surface area (Å²) >= 11 is 6.64. The quantitative estimate of drug-likeness (QED) is 0.358. The minimum atomic E-state index is -0.248. The molecule has 4 heterocycles. The third kappa shape index (κ3) is 4.08. The maximum absolute atomic E-state index is 12.9. The van der Waals surface area contributed by atoms with Crippen molar-refractivity contribution in [3.05, 3.63) is 93.7 Å². The Bertz CT molecular complexity index is 1490. The van der Waals surface area contributed by atoms with Crippen molar-refractivity contribution < 1.29 is 9.50 Å². The van der Waals surface area contributed by atoms with Crippen LogP contribution in [-0.2, 0) is 13.0 Å². The molecule has 0 spiro atoms. The van der Waals surface area contributed by atoms with E-state index in [1.807, 2.05) is 18.2 Å². The Morgan fingerprint density at radius 2 is 1.97 bits per heavy atom. The minimum Gasteiger partial charge on any atom is -0.508 e. The van der Waals surface area contributed by atoms with Gasteiger partial charge in [0, 0.05) is 49.8 Å². The number of alkyl halides is 1. The molecule has 1 saturated heterocycles. The Morgan fingerprint density at radius 1 is 1.11 bits per heavy atom. The van der Waals surface area contributed by atoms with Crippen LogP contribution in [0.15, 0.2) is 55.0 Å². The fourth-order valence-corrected chi connectivity index (χ4v) is 5.86. The molecular weight excluding hydrogens is 475 g/mol. The molecule has 36 heavy (non-hydrogen) atoms. The fourth-order valence-electron chi connectivity index (χ4n) is 5.63. The van der Waals surface area contributed by atoms with Gasteiger partial charge in [0.15, 0.2) is 0 Å². The molecule has 0 saturated carbocycles. The van der Waals surface area contributed by atoms with E-state index >= 15 is 0 Å². The molecule has 6 rings (SSSR count). The van der Waals surface area contributed by atoms with Crippen molar-refractivity contribution in [1.29, 1.82) is 0 Å². The lowest BCUT2D eigenvalue weighted by atomic mass is 9.88. The van der Waals surface area contributed by atoms with E-state index in [1.165, 1.54) is 5.57 Å². The highest BCUT2D eigenvalue weighted by Gasteiger charge is 2.28. The van der Waals surface area contributed by atoms with Crippen LogP contribution >= 0.6 is 11.6 Å². The fraction of sp³-hybridized carbons (Fsp3) is 0.310. The van der Waals surface area contributed by atoms with Gasteiger partial charge >= 0.3 is 0 Å². The van der Waals surface area contributed by atoms with Gasteiger partial charge in [0.25, 0.3) is 0 Å². The average molecular weight is 503 g/mol. The van der Waals surface area contributed by atoms with E-state index in [0.29, 0.717) is 5.02 Å². The lowest BCUT2D eigenvalue weighted by Gasteiger charge is -2.37. The second-order valence-corrected chi connectivity index (χ2v) is 10.3. The molecule has 1 aromatic carbocycles. The van der Waals surface area contributed by atoms with Crippen LogP contribution in [0.2, 0.25) is 5.02 Å². The van der Waals surface area contributed by atoms with Crippen molar-refractivity contribution in [1.82, 2.24) is 19.3 Å². The number of allylic oxidation sites excluding steroid dienone is 1. The second-order valence-electron chi connectivity index (χ2n) is 9.91. The summed E-state index contributed by atoms with van der Waals surface area (Å²) in [6.07, 6.45) is 8.26. The van der Waals surface area contributed by atoms with Gasteiger partial charge in [0.05, 0.1) is 17.4 Å². The van der Waals surface area contributed by atoms with Gasteiger partial charge in [-0.15, -0.1) is 0 Å². The largest absolute Gasteiger partial charge is 0.508 e. The molecule has 1 aliphatic carbocycles. The van der Waals surface area contributed by atoms with Crippen LogP contribution in [0, 0.1) is 12.8 Å². The van der Waals surface area contributed by atoms with Crippen molar-refractivity contribution >= 4 is 28.4 Å². The maximum atomic E-state index is 12.9. The zero-order chi connectivity index (χ0) is 24.8. The summed E-state index contributed by atoms with van der Waals surface area (Å²) in [5, 5.41) is 10.8. The minimum absolute atomic E-state index is 0.161. The Morgan fingerprint density at radius 3 is 2.78 bits per heavy atom. The molecule has 5 nitrogen and oxygen atoms in total. The predicted octanol–water partition coefficient (Wildman–Crippen LogP) is 6.09. The SMILES string of the molecule is Cc1c(CN2CC(CF)C2)nc2cc(C3=C(c4ccncc4Cl)CCCc4cc(O)ccc43)ccn12. The van der Waals surface area contributed by atoms with Gasteiger partial charge in [-0.2, -0.15) is 0 Å². The van der Waals surface area contributed by atoms with Crippen molar-refractivity contribution in [2.24, 2.45) is 5.92 Å². The number of phenolic OH excluding ortho intramolecular Hbond substituents is 1. The zero-order valence-electron chi connectivity index (χ0n) is 20.2. The number of hydrogen-bond donors (Lipinski definition) is 1. The number of imidazole rings is 1. The molecule has 0 atom stereocenters. The number of halogens is 2. The van der Waals surface area contributed by atoms with E-state index in [4.69, 9.17) is 16.6 Å². The summed E-state index contributed by atoms with van der Waals surface area (Å²) in [6.45, 7) is 4.17. The first-order valence-electron chi connectivity index (χ1n) is 12.4. The molecule has 1 aliphatic heterocycles. The number of hydrogen-bond acceptors (Lipinski definition) is 4. The number of nitrogens with zero attached hydrogens (tertiary/aromatic N) is 4. The van der Waals surface area contributed by atoms with Gasteiger partial charge in [0.2, 0.25) is 0 Å². The number of phenols is 1. The van der Waals surface area contributed by atoms with E-state index in [2.05, 4.69) is 39.5 Å². The van der Waals surface area contributed by atoms with Gasteiger partial charge in [-0.05, 0) is 89.9 Å². The Hall–Kier alpha value is -3.22. The highest BCUT2D eigenvalue weighted by Crippen LogP contribution is 2.42. The highest BCUT2D eigenvalue weighted by atomic mass is 35.5. The number of pyridine rings is 2. The molecule has 184 valence electrons. The third-order valence-electron chi connectivity index (χ3n) is 7.51. The first-order chi connectivity index (χ1) is 17.5. The molecule has 0 unspecified atom stereocenters. The maximum Gasteiger partial charge on any atom is 0.137 e. The molecule has 0 amide bonds. The Balaban J connectivity index is 1.49. The number of aromatic hydroxyl groups is 1. The molecule has 2 aliphatic rings. The summed E-state index contributed by atoms with van der Waals surface area (Å²) in [6, 6.07) is 11.9. The van der Waals surface area contributed by atoms with Crippen LogP contribution < -0.4 is 0 Å². The third-order valence-corrected chi connectivity index (χ3v) is 7.81. The molecular formula is C29H28ClFN4O. The number of fused-ring (bicyclic) bond motifs is 2. The molecule has 1 fully saturated rings. The van der Waals surface area contributed by atoms with Crippen molar-refractivity contribution in [2.75, 3.05) is 19.8 Å². The average Bonchev–Trinajstić information content (AvgIpc) is 3.03. The summed E-state index contributed by atoms with van der Waals surface area (Å²) in [7, 11) is 0. The first-order valence-corrected chi connectivity index (χ1v) is 12.8. The zero-order valence-corrected chi connectivity index (χ0v) is 21.0. The number of likely N-dealkylation sites (tertiary alicyclic amines) is 1. The van der Waals surface area contributed by atoms with Crippen LogP contribution in [0.5, 0.6) is 5.75 Å². The molecule has 7 heteroatoms. The van der Waals surface area contributed by atoms with E-state index in [0.717, 1.165) is 83.8 Å². The van der Waals surface area contributed by atoms with Crippen LogP contribution in [0.1, 0.15) is 46.5 Å². The molecule has 1 N–H and O–H groups in total. The van der Waals surface area contributed by atoms with Gasteiger partial charge in [0.1, 0.15) is 11.4 Å².